The maximum absolute atomic E-state index is 12.1. The summed E-state index contributed by atoms with van der Waals surface area (Å²) in [5.41, 5.74) is 0. The molecule has 0 amide bonds. The van der Waals surface area contributed by atoms with Crippen LogP contribution in [0, 0.1) is 0 Å². The van der Waals surface area contributed by atoms with E-state index in [2.05, 4.69) is 20.3 Å². The van der Waals surface area contributed by atoms with E-state index in [-0.39, 0.29) is 11.9 Å². The van der Waals surface area contributed by atoms with Crippen LogP contribution in [0.25, 0.3) is 0 Å². The summed E-state index contributed by atoms with van der Waals surface area (Å²) >= 11 is 0. The summed E-state index contributed by atoms with van der Waals surface area (Å²) in [6, 6.07) is 0. The normalized spacial score (nSPS) is 19.0. The van der Waals surface area contributed by atoms with Gasteiger partial charge in [-0.05, 0) is 39.5 Å². The molecule has 3 N–H and O–H groups in total. The second kappa shape index (κ2) is 13.3. The third kappa shape index (κ3) is 11.4. The molecular weight excluding hydrogens is 344 g/mol. The molecule has 0 aromatic heterocycles. The van der Waals surface area contributed by atoms with Gasteiger partial charge >= 0.3 is 0 Å². The molecule has 1 fully saturated rings. The van der Waals surface area contributed by atoms with Gasteiger partial charge in [-0.3, -0.25) is 4.99 Å². The number of sulfonamides is 1. The maximum atomic E-state index is 12.1. The maximum Gasteiger partial charge on any atom is 0.213 e. The van der Waals surface area contributed by atoms with E-state index in [1.807, 2.05) is 13.8 Å². The molecule has 0 spiro atoms. The zero-order valence-electron chi connectivity index (χ0n) is 15.6. The van der Waals surface area contributed by atoms with Crippen LogP contribution in [0.3, 0.4) is 0 Å². The Kier molecular flexibility index (Phi) is 11.8. The SMILES string of the molecule is CCNC(=NCCCOCC)NCCS(=O)(=O)NCC1CCCCO1. The summed E-state index contributed by atoms with van der Waals surface area (Å²) in [5, 5.41) is 6.16. The molecule has 1 saturated heterocycles. The van der Waals surface area contributed by atoms with Gasteiger partial charge in [0.2, 0.25) is 10.0 Å². The van der Waals surface area contributed by atoms with Crippen LogP contribution in [-0.2, 0) is 19.5 Å². The topological polar surface area (TPSA) is 101 Å². The van der Waals surface area contributed by atoms with Crippen LogP contribution in [-0.4, -0.2) is 72.2 Å². The van der Waals surface area contributed by atoms with E-state index >= 15 is 0 Å². The lowest BCUT2D eigenvalue weighted by atomic mass is 10.1. The van der Waals surface area contributed by atoms with Crippen molar-refractivity contribution < 1.29 is 17.9 Å². The van der Waals surface area contributed by atoms with E-state index < -0.39 is 10.0 Å². The largest absolute Gasteiger partial charge is 0.382 e. The average molecular weight is 379 g/mol. The number of rotatable bonds is 12. The van der Waals surface area contributed by atoms with Gasteiger partial charge in [-0.1, -0.05) is 0 Å². The molecule has 25 heavy (non-hydrogen) atoms. The van der Waals surface area contributed by atoms with Crippen molar-refractivity contribution in [2.24, 2.45) is 4.99 Å². The number of guanidine groups is 1. The van der Waals surface area contributed by atoms with Crippen LogP contribution in [0.15, 0.2) is 4.99 Å². The Labute approximate surface area is 152 Å². The highest BCUT2D eigenvalue weighted by atomic mass is 32.2. The van der Waals surface area contributed by atoms with Gasteiger partial charge in [0.1, 0.15) is 0 Å². The molecule has 0 aromatic carbocycles. The van der Waals surface area contributed by atoms with E-state index in [1.54, 1.807) is 0 Å². The summed E-state index contributed by atoms with van der Waals surface area (Å²) < 4.78 is 37.6. The van der Waals surface area contributed by atoms with Crippen molar-refractivity contribution in [1.29, 1.82) is 0 Å². The Balaban J connectivity index is 2.26. The first-order valence-corrected chi connectivity index (χ1v) is 10.9. The minimum Gasteiger partial charge on any atom is -0.382 e. The van der Waals surface area contributed by atoms with Crippen molar-refractivity contribution in [2.75, 3.05) is 51.8 Å². The molecule has 8 nitrogen and oxygen atoms in total. The van der Waals surface area contributed by atoms with Crippen LogP contribution < -0.4 is 15.4 Å². The standard InChI is InChI=1S/C16H34N4O4S/c1-3-17-16(18-9-7-11-23-4-2)19-10-13-25(21,22)20-14-15-8-5-6-12-24-15/h15,20H,3-14H2,1-2H3,(H2,17,18,19). The molecule has 1 rings (SSSR count). The van der Waals surface area contributed by atoms with Gasteiger partial charge in [-0.2, -0.15) is 0 Å². The predicted octanol–water partition coefficient (Wildman–Crippen LogP) is 0.457. The highest BCUT2D eigenvalue weighted by molar-refractivity contribution is 7.89. The second-order valence-electron chi connectivity index (χ2n) is 5.89. The quantitative estimate of drug-likeness (QED) is 0.259. The lowest BCUT2D eigenvalue weighted by molar-refractivity contribution is 0.0200. The fraction of sp³-hybridized carbons (Fsp3) is 0.938. The van der Waals surface area contributed by atoms with Gasteiger partial charge in [0.05, 0.1) is 11.9 Å². The smallest absolute Gasteiger partial charge is 0.213 e. The number of nitrogens with one attached hydrogen (secondary N) is 3. The molecule has 1 aliphatic heterocycles. The fourth-order valence-corrected chi connectivity index (χ4v) is 3.36. The van der Waals surface area contributed by atoms with Gasteiger partial charge in [0.15, 0.2) is 5.96 Å². The number of aliphatic imine (C=N–C) groups is 1. The van der Waals surface area contributed by atoms with E-state index in [0.29, 0.717) is 38.8 Å². The van der Waals surface area contributed by atoms with Crippen molar-refractivity contribution in [1.82, 2.24) is 15.4 Å². The number of ether oxygens (including phenoxy) is 2. The Morgan fingerprint density at radius 2 is 2.12 bits per heavy atom. The summed E-state index contributed by atoms with van der Waals surface area (Å²) in [6.45, 7) is 8.07. The Morgan fingerprint density at radius 1 is 1.28 bits per heavy atom. The molecule has 148 valence electrons. The van der Waals surface area contributed by atoms with Crippen molar-refractivity contribution in [2.45, 2.75) is 45.6 Å². The van der Waals surface area contributed by atoms with Crippen molar-refractivity contribution in [3.8, 4) is 0 Å². The predicted molar refractivity (Wildman–Crippen MR) is 100 cm³/mol. The molecule has 9 heteroatoms. The monoisotopic (exact) mass is 378 g/mol. The summed E-state index contributed by atoms with van der Waals surface area (Å²) in [6.07, 6.45) is 3.91. The number of hydrogen-bond acceptors (Lipinski definition) is 5. The van der Waals surface area contributed by atoms with E-state index in [9.17, 15) is 8.42 Å². The lowest BCUT2D eigenvalue weighted by Crippen LogP contribution is -2.42. The Morgan fingerprint density at radius 3 is 2.80 bits per heavy atom. The lowest BCUT2D eigenvalue weighted by Gasteiger charge is -2.22. The molecule has 0 aromatic rings. The van der Waals surface area contributed by atoms with Crippen LogP contribution in [0.1, 0.15) is 39.5 Å². The van der Waals surface area contributed by atoms with Gasteiger partial charge in [-0.25, -0.2) is 13.1 Å². The summed E-state index contributed by atoms with van der Waals surface area (Å²) in [4.78, 5) is 4.40. The third-order valence-corrected chi connectivity index (χ3v) is 5.08. The number of hydrogen-bond donors (Lipinski definition) is 3. The molecule has 1 heterocycles. The van der Waals surface area contributed by atoms with E-state index in [1.165, 1.54) is 0 Å². The zero-order valence-corrected chi connectivity index (χ0v) is 16.4. The Bertz CT molecular complexity index is 465. The molecule has 1 aliphatic rings. The highest BCUT2D eigenvalue weighted by Crippen LogP contribution is 2.11. The second-order valence-corrected chi connectivity index (χ2v) is 7.82. The van der Waals surface area contributed by atoms with Gasteiger partial charge in [0.25, 0.3) is 0 Å². The minimum absolute atomic E-state index is 0.000653. The van der Waals surface area contributed by atoms with Crippen molar-refractivity contribution >= 4 is 16.0 Å². The summed E-state index contributed by atoms with van der Waals surface area (Å²) in [7, 11) is -3.32. The van der Waals surface area contributed by atoms with Crippen molar-refractivity contribution in [3.63, 3.8) is 0 Å². The molecule has 1 unspecified atom stereocenters. The third-order valence-electron chi connectivity index (χ3n) is 3.73. The fourth-order valence-electron chi connectivity index (χ4n) is 2.41. The van der Waals surface area contributed by atoms with Gasteiger partial charge < -0.3 is 20.1 Å². The molecule has 0 saturated carbocycles. The number of nitrogens with zero attached hydrogens (tertiary/aromatic N) is 1. The highest BCUT2D eigenvalue weighted by Gasteiger charge is 2.17. The minimum atomic E-state index is -3.32. The molecule has 0 radical (unpaired) electrons. The van der Waals surface area contributed by atoms with E-state index in [0.717, 1.165) is 38.8 Å². The summed E-state index contributed by atoms with van der Waals surface area (Å²) in [5.74, 6) is 0.633. The first kappa shape index (κ1) is 22.1. The van der Waals surface area contributed by atoms with E-state index in [4.69, 9.17) is 9.47 Å². The first-order valence-electron chi connectivity index (χ1n) is 9.26. The van der Waals surface area contributed by atoms with Crippen LogP contribution in [0.5, 0.6) is 0 Å². The van der Waals surface area contributed by atoms with Gasteiger partial charge in [0, 0.05) is 46.0 Å². The van der Waals surface area contributed by atoms with Crippen LogP contribution in [0.2, 0.25) is 0 Å². The first-order chi connectivity index (χ1) is 12.1. The van der Waals surface area contributed by atoms with Crippen molar-refractivity contribution in [3.05, 3.63) is 0 Å². The zero-order chi connectivity index (χ0) is 18.4. The molecule has 0 aliphatic carbocycles. The molecule has 0 bridgehead atoms. The van der Waals surface area contributed by atoms with Crippen LogP contribution in [0.4, 0.5) is 0 Å². The molecule has 1 atom stereocenters. The van der Waals surface area contributed by atoms with Gasteiger partial charge in [-0.15, -0.1) is 0 Å². The average Bonchev–Trinajstić information content (AvgIpc) is 2.60. The molecular formula is C16H34N4O4S. The Hall–Kier alpha value is -0.900. The van der Waals surface area contributed by atoms with Crippen LogP contribution >= 0.6 is 0 Å².